The lowest BCUT2D eigenvalue weighted by atomic mass is 10.0. The molecule has 0 bridgehead atoms. The molecule has 0 fully saturated rings. The van der Waals surface area contributed by atoms with Gasteiger partial charge in [0.05, 0.1) is 17.7 Å². The molecule has 39 heavy (non-hydrogen) atoms. The number of ether oxygens (including phenoxy) is 3. The molecule has 0 aliphatic heterocycles. The van der Waals surface area contributed by atoms with E-state index in [0.29, 0.717) is 36.0 Å². The maximum atomic E-state index is 12.7. The predicted octanol–water partition coefficient (Wildman–Crippen LogP) is 8.01. The predicted molar refractivity (Wildman–Crippen MR) is 154 cm³/mol. The Balaban J connectivity index is 1.34. The molecule has 0 heterocycles. The van der Waals surface area contributed by atoms with Crippen LogP contribution in [0.1, 0.15) is 41.0 Å². The summed E-state index contributed by atoms with van der Waals surface area (Å²) in [7, 11) is 0. The molecule has 0 amide bonds. The monoisotopic (exact) mass is 520 g/mol. The maximum Gasteiger partial charge on any atom is 0.343 e. The lowest BCUT2D eigenvalue weighted by Gasteiger charge is -2.10. The van der Waals surface area contributed by atoms with E-state index in [1.54, 1.807) is 42.5 Å². The minimum atomic E-state index is -0.428. The zero-order chi connectivity index (χ0) is 27.6. The first-order chi connectivity index (χ1) is 19.0. The summed E-state index contributed by atoms with van der Waals surface area (Å²) in [5.41, 5.74) is 4.88. The van der Waals surface area contributed by atoms with E-state index in [9.17, 15) is 9.59 Å². The highest BCUT2D eigenvalue weighted by Crippen LogP contribution is 2.25. The summed E-state index contributed by atoms with van der Waals surface area (Å²) in [5.74, 6) is 0.825. The number of rotatable bonds is 11. The van der Waals surface area contributed by atoms with Gasteiger partial charge in [0.2, 0.25) is 0 Å². The number of hydrogen-bond acceptors (Lipinski definition) is 5. The second kappa shape index (κ2) is 13.2. The molecule has 4 rings (SSSR count). The number of hydrogen-bond donors (Lipinski definition) is 0. The first-order valence-corrected chi connectivity index (χ1v) is 13.0. The second-order valence-electron chi connectivity index (χ2n) is 9.30. The highest BCUT2D eigenvalue weighted by atomic mass is 16.5. The fourth-order valence-corrected chi connectivity index (χ4v) is 3.80. The van der Waals surface area contributed by atoms with E-state index in [1.165, 1.54) is 0 Å². The average molecular weight is 521 g/mol. The van der Waals surface area contributed by atoms with Crippen molar-refractivity contribution in [1.29, 1.82) is 0 Å². The topological polar surface area (TPSA) is 61.8 Å². The van der Waals surface area contributed by atoms with E-state index >= 15 is 0 Å². The summed E-state index contributed by atoms with van der Waals surface area (Å²) in [6.45, 7) is 8.65. The van der Waals surface area contributed by atoms with E-state index in [-0.39, 0.29) is 5.97 Å². The van der Waals surface area contributed by atoms with Crippen LogP contribution in [0.4, 0.5) is 0 Å². The standard InChI is InChI=1S/C34H32O5/c1-4-22-37-31-18-14-27(15-19-31)26-8-12-30(13-9-26)34(36)39-32-20-16-28(17-21-32)25-6-10-29(11-7-25)33(35)38-23-24(3)5-2/h4,6-21,24H,1,5,22-23H2,2-3H3/t24-/m0/s1. The zero-order valence-electron chi connectivity index (χ0n) is 22.3. The summed E-state index contributed by atoms with van der Waals surface area (Å²) < 4.78 is 16.5. The van der Waals surface area contributed by atoms with Gasteiger partial charge in [0, 0.05) is 0 Å². The highest BCUT2D eigenvalue weighted by molar-refractivity contribution is 5.92. The molecule has 198 valence electrons. The highest BCUT2D eigenvalue weighted by Gasteiger charge is 2.11. The molecule has 5 heteroatoms. The fraction of sp³-hybridized carbons (Fsp3) is 0.176. The Kier molecular flexibility index (Phi) is 9.30. The Bertz CT molecular complexity index is 1390. The third kappa shape index (κ3) is 7.45. The minimum Gasteiger partial charge on any atom is -0.490 e. The Morgan fingerprint density at radius 1 is 0.692 bits per heavy atom. The average Bonchev–Trinajstić information content (AvgIpc) is 2.99. The van der Waals surface area contributed by atoms with Gasteiger partial charge in [-0.3, -0.25) is 0 Å². The van der Waals surface area contributed by atoms with Gasteiger partial charge in [-0.2, -0.15) is 0 Å². The summed E-state index contributed by atoms with van der Waals surface area (Å²) in [5, 5.41) is 0. The molecule has 0 saturated heterocycles. The maximum absolute atomic E-state index is 12.7. The van der Waals surface area contributed by atoms with Crippen molar-refractivity contribution in [3.05, 3.63) is 121 Å². The van der Waals surface area contributed by atoms with Crippen molar-refractivity contribution in [3.63, 3.8) is 0 Å². The molecular weight excluding hydrogens is 488 g/mol. The van der Waals surface area contributed by atoms with Crippen molar-refractivity contribution < 1.29 is 23.8 Å². The molecule has 4 aromatic rings. The largest absolute Gasteiger partial charge is 0.490 e. The first kappa shape index (κ1) is 27.4. The molecule has 0 aliphatic rings. The molecule has 0 N–H and O–H groups in total. The second-order valence-corrected chi connectivity index (χ2v) is 9.30. The number of carbonyl (C=O) groups is 2. The van der Waals surface area contributed by atoms with Gasteiger partial charge in [-0.25, -0.2) is 9.59 Å². The van der Waals surface area contributed by atoms with Crippen LogP contribution in [-0.2, 0) is 4.74 Å². The Labute approximate surface area is 229 Å². The van der Waals surface area contributed by atoms with Gasteiger partial charge in [0.15, 0.2) is 0 Å². The third-order valence-corrected chi connectivity index (χ3v) is 6.39. The van der Waals surface area contributed by atoms with Crippen LogP contribution in [0.5, 0.6) is 11.5 Å². The van der Waals surface area contributed by atoms with E-state index in [0.717, 1.165) is 34.4 Å². The van der Waals surface area contributed by atoms with Crippen LogP contribution in [0, 0.1) is 5.92 Å². The number of esters is 2. The molecule has 5 nitrogen and oxygen atoms in total. The smallest absolute Gasteiger partial charge is 0.343 e. The SMILES string of the molecule is C=CCOc1ccc(-c2ccc(C(=O)Oc3ccc(-c4ccc(C(=O)OC[C@@H](C)CC)cc4)cc3)cc2)cc1. The molecule has 0 unspecified atom stereocenters. The van der Waals surface area contributed by atoms with Crippen molar-refractivity contribution >= 4 is 11.9 Å². The molecule has 4 aromatic carbocycles. The van der Waals surface area contributed by atoms with Crippen LogP contribution in [0.3, 0.4) is 0 Å². The van der Waals surface area contributed by atoms with Crippen LogP contribution >= 0.6 is 0 Å². The van der Waals surface area contributed by atoms with Crippen LogP contribution in [0.2, 0.25) is 0 Å². The molecule has 1 atom stereocenters. The van der Waals surface area contributed by atoms with E-state index < -0.39 is 5.97 Å². The van der Waals surface area contributed by atoms with Gasteiger partial charge in [0.1, 0.15) is 18.1 Å². The summed E-state index contributed by atoms with van der Waals surface area (Å²) in [6, 6.07) is 29.6. The first-order valence-electron chi connectivity index (χ1n) is 13.0. The summed E-state index contributed by atoms with van der Waals surface area (Å²) in [6.07, 6.45) is 2.67. The number of carbonyl (C=O) groups excluding carboxylic acids is 2. The lowest BCUT2D eigenvalue weighted by molar-refractivity contribution is 0.0447. The minimum absolute atomic E-state index is 0.316. The quantitative estimate of drug-likeness (QED) is 0.114. The van der Waals surface area contributed by atoms with E-state index in [4.69, 9.17) is 14.2 Å². The van der Waals surface area contributed by atoms with Gasteiger partial charge in [-0.15, -0.1) is 0 Å². The number of benzene rings is 4. The van der Waals surface area contributed by atoms with Gasteiger partial charge in [-0.05, 0) is 76.7 Å². The Morgan fingerprint density at radius 2 is 1.13 bits per heavy atom. The van der Waals surface area contributed by atoms with Crippen molar-refractivity contribution in [1.82, 2.24) is 0 Å². The molecular formula is C34H32O5. The molecule has 0 spiro atoms. The van der Waals surface area contributed by atoms with E-state index in [1.807, 2.05) is 60.7 Å². The Hall–Kier alpha value is -4.64. The van der Waals surface area contributed by atoms with Crippen LogP contribution in [-0.4, -0.2) is 25.2 Å². The van der Waals surface area contributed by atoms with Crippen molar-refractivity contribution in [2.24, 2.45) is 5.92 Å². The van der Waals surface area contributed by atoms with Gasteiger partial charge < -0.3 is 14.2 Å². The lowest BCUT2D eigenvalue weighted by Crippen LogP contribution is -2.11. The molecule has 0 aromatic heterocycles. The van der Waals surface area contributed by atoms with Crippen molar-refractivity contribution in [2.45, 2.75) is 20.3 Å². The normalized spacial score (nSPS) is 11.3. The van der Waals surface area contributed by atoms with E-state index in [2.05, 4.69) is 20.4 Å². The van der Waals surface area contributed by atoms with Crippen molar-refractivity contribution in [2.75, 3.05) is 13.2 Å². The third-order valence-electron chi connectivity index (χ3n) is 6.39. The van der Waals surface area contributed by atoms with Gasteiger partial charge in [0.25, 0.3) is 0 Å². The van der Waals surface area contributed by atoms with Crippen LogP contribution in [0.15, 0.2) is 110 Å². The molecule has 0 saturated carbocycles. The Morgan fingerprint density at radius 3 is 1.59 bits per heavy atom. The van der Waals surface area contributed by atoms with Crippen LogP contribution < -0.4 is 9.47 Å². The zero-order valence-corrected chi connectivity index (χ0v) is 22.3. The molecule has 0 radical (unpaired) electrons. The summed E-state index contributed by atoms with van der Waals surface area (Å²) in [4.78, 5) is 24.9. The van der Waals surface area contributed by atoms with Crippen LogP contribution in [0.25, 0.3) is 22.3 Å². The summed E-state index contributed by atoms with van der Waals surface area (Å²) >= 11 is 0. The molecule has 0 aliphatic carbocycles. The van der Waals surface area contributed by atoms with Gasteiger partial charge in [-0.1, -0.05) is 81.5 Å². The fourth-order valence-electron chi connectivity index (χ4n) is 3.80. The van der Waals surface area contributed by atoms with Crippen molar-refractivity contribution in [3.8, 4) is 33.8 Å². The van der Waals surface area contributed by atoms with Gasteiger partial charge >= 0.3 is 11.9 Å².